The van der Waals surface area contributed by atoms with E-state index >= 15 is 0 Å². The van der Waals surface area contributed by atoms with Crippen molar-refractivity contribution in [2.45, 2.75) is 214 Å². The lowest BCUT2D eigenvalue weighted by atomic mass is 9.96. The maximum absolute atomic E-state index is 14.2. The van der Waals surface area contributed by atoms with E-state index in [1.165, 1.54) is 63.2 Å². The Balaban J connectivity index is 3.14. The van der Waals surface area contributed by atoms with Gasteiger partial charge in [-0.25, -0.2) is 0 Å². The van der Waals surface area contributed by atoms with Crippen molar-refractivity contribution in [1.29, 1.82) is 0 Å². The monoisotopic (exact) mass is 1030 g/mol. The summed E-state index contributed by atoms with van der Waals surface area (Å²) in [5, 5.41) is 19.1. The second-order valence-electron chi connectivity index (χ2n) is 22.2. The summed E-state index contributed by atoms with van der Waals surface area (Å²) >= 11 is 0. The number of likely N-dealkylation sites (N-methyl/N-ethyl adjacent to an activating group) is 1. The van der Waals surface area contributed by atoms with Crippen LogP contribution in [-0.2, 0) is 47.9 Å². The molecule has 21 heteroatoms. The van der Waals surface area contributed by atoms with E-state index in [0.717, 1.165) is 32.1 Å². The number of unbranched alkanes of at least 4 members (excludes halogenated alkanes) is 5. The highest BCUT2D eigenvalue weighted by Gasteiger charge is 2.43. The molecular formula is C52H95N11O10. The van der Waals surface area contributed by atoms with Crippen LogP contribution in [0.2, 0.25) is 0 Å². The molecule has 0 aromatic carbocycles. The van der Waals surface area contributed by atoms with Gasteiger partial charge in [0, 0.05) is 51.6 Å². The Morgan fingerprint density at radius 1 is 0.658 bits per heavy atom. The van der Waals surface area contributed by atoms with Gasteiger partial charge >= 0.3 is 0 Å². The number of carbonyl (C=O) groups excluding carboxylic acids is 10. The number of hydrogen-bond acceptors (Lipinski definition) is 11. The minimum absolute atomic E-state index is 0.0428. The first kappa shape index (κ1) is 65.7. The predicted octanol–water partition coefficient (Wildman–Crippen LogP) is 2.11. The van der Waals surface area contributed by atoms with E-state index in [0.29, 0.717) is 45.3 Å². The fourth-order valence-corrected chi connectivity index (χ4v) is 8.85. The average molecular weight is 1030 g/mol. The van der Waals surface area contributed by atoms with E-state index in [1.807, 2.05) is 32.8 Å². The van der Waals surface area contributed by atoms with Gasteiger partial charge in [0.05, 0.1) is 13.1 Å². The van der Waals surface area contributed by atoms with Crippen molar-refractivity contribution in [1.82, 2.24) is 56.8 Å². The molecule has 1 rings (SSSR count). The molecule has 0 bridgehead atoms. The molecule has 1 fully saturated rings. The van der Waals surface area contributed by atoms with Crippen LogP contribution in [0.3, 0.4) is 0 Å². The molecule has 2 unspecified atom stereocenters. The molecular weight excluding hydrogens is 939 g/mol. The van der Waals surface area contributed by atoms with Crippen LogP contribution in [-0.4, -0.2) is 179 Å². The minimum atomic E-state index is -1.57. The van der Waals surface area contributed by atoms with Crippen LogP contribution in [0.1, 0.15) is 168 Å². The molecule has 0 saturated carbocycles. The summed E-state index contributed by atoms with van der Waals surface area (Å²) in [6.07, 6.45) is 7.48. The predicted molar refractivity (Wildman–Crippen MR) is 281 cm³/mol. The van der Waals surface area contributed by atoms with E-state index in [-0.39, 0.29) is 37.1 Å². The van der Waals surface area contributed by atoms with E-state index in [1.54, 1.807) is 27.7 Å². The van der Waals surface area contributed by atoms with Crippen LogP contribution >= 0.6 is 0 Å². The summed E-state index contributed by atoms with van der Waals surface area (Å²) in [6, 6.07) is -3.80. The Bertz CT molecular complexity index is 1880. The summed E-state index contributed by atoms with van der Waals surface area (Å²) < 4.78 is 0. The quantitative estimate of drug-likeness (QED) is 0.0480. The van der Waals surface area contributed by atoms with Crippen LogP contribution in [0, 0.1) is 5.92 Å². The molecule has 0 radical (unpaired) electrons. The number of rotatable bonds is 32. The largest absolute Gasteiger partial charge is 0.355 e. The van der Waals surface area contributed by atoms with Gasteiger partial charge in [-0.15, -0.1) is 0 Å². The molecule has 0 aliphatic carbocycles. The van der Waals surface area contributed by atoms with E-state index < -0.39 is 107 Å². The van der Waals surface area contributed by atoms with Crippen molar-refractivity contribution in [3.8, 4) is 0 Å². The van der Waals surface area contributed by atoms with Crippen LogP contribution in [0.4, 0.5) is 0 Å². The molecule has 1 saturated heterocycles. The molecule has 10 amide bonds. The van der Waals surface area contributed by atoms with Gasteiger partial charge in [-0.2, -0.15) is 0 Å². The van der Waals surface area contributed by atoms with Gasteiger partial charge in [-0.05, 0) is 115 Å². The second-order valence-corrected chi connectivity index (χ2v) is 22.2. The Morgan fingerprint density at radius 2 is 1.25 bits per heavy atom. The van der Waals surface area contributed by atoms with Gasteiger partial charge in [-0.1, -0.05) is 59.3 Å². The van der Waals surface area contributed by atoms with Crippen molar-refractivity contribution in [3.05, 3.63) is 0 Å². The topological polar surface area (TPSA) is 268 Å². The first-order valence-electron chi connectivity index (χ1n) is 26.4. The zero-order chi connectivity index (χ0) is 56.0. The molecule has 21 nitrogen and oxygen atoms in total. The molecule has 1 aliphatic rings. The highest BCUT2D eigenvalue weighted by Crippen LogP contribution is 2.22. The number of amides is 10. The molecule has 0 aromatic heterocycles. The highest BCUT2D eigenvalue weighted by molar-refractivity contribution is 5.99. The summed E-state index contributed by atoms with van der Waals surface area (Å²) in [4.78, 5) is 141. The number of hydrogen-bond donors (Lipinski definition) is 7. The SMILES string of the molecule is CCCCCCCCC(NC(=O)[C@@H]1CCCN1C(C)=O)C(=O)NCC(=O)N(C(C)C)C(C)(C)C(=O)NCC(=O)N(C(C)C)C(CC(C)C)C(=O)NC(C)(C)C(=O)NC(C)(C)C(=O)NCCC(=O)NCCN(C)C. The summed E-state index contributed by atoms with van der Waals surface area (Å²) in [5.41, 5.74) is -4.54. The first-order chi connectivity index (χ1) is 33.8. The summed E-state index contributed by atoms with van der Waals surface area (Å²) in [6.45, 7) is 23.8. The third-order valence-corrected chi connectivity index (χ3v) is 12.9. The average Bonchev–Trinajstić information content (AvgIpc) is 3.78. The Morgan fingerprint density at radius 3 is 1.81 bits per heavy atom. The lowest BCUT2D eigenvalue weighted by molar-refractivity contribution is -0.150. The van der Waals surface area contributed by atoms with Crippen LogP contribution in [0.25, 0.3) is 0 Å². The van der Waals surface area contributed by atoms with Crippen molar-refractivity contribution in [2.24, 2.45) is 5.92 Å². The maximum Gasteiger partial charge on any atom is 0.246 e. The molecule has 3 atom stereocenters. The number of nitrogens with one attached hydrogen (secondary N) is 7. The van der Waals surface area contributed by atoms with Crippen molar-refractivity contribution < 1.29 is 47.9 Å². The molecule has 0 aromatic rings. The van der Waals surface area contributed by atoms with Crippen LogP contribution in [0.5, 0.6) is 0 Å². The Kier molecular flexibility index (Phi) is 27.7. The van der Waals surface area contributed by atoms with Crippen LogP contribution < -0.4 is 37.2 Å². The fraction of sp³-hybridized carbons (Fsp3) is 0.808. The van der Waals surface area contributed by atoms with Gasteiger partial charge < -0.3 is 56.8 Å². The van der Waals surface area contributed by atoms with E-state index in [9.17, 15) is 47.9 Å². The van der Waals surface area contributed by atoms with Gasteiger partial charge in [0.2, 0.25) is 59.1 Å². The molecule has 7 N–H and O–H groups in total. The van der Waals surface area contributed by atoms with E-state index in [2.05, 4.69) is 44.1 Å². The van der Waals surface area contributed by atoms with Gasteiger partial charge in [-0.3, -0.25) is 47.9 Å². The summed E-state index contributed by atoms with van der Waals surface area (Å²) in [7, 11) is 3.77. The molecule has 418 valence electrons. The smallest absolute Gasteiger partial charge is 0.246 e. The number of likely N-dealkylation sites (tertiary alicyclic amines) is 1. The maximum atomic E-state index is 14.2. The zero-order valence-electron chi connectivity index (χ0n) is 47.4. The van der Waals surface area contributed by atoms with Crippen molar-refractivity contribution >= 4 is 59.1 Å². The van der Waals surface area contributed by atoms with Gasteiger partial charge in [0.1, 0.15) is 34.7 Å². The molecule has 73 heavy (non-hydrogen) atoms. The normalized spacial score (nSPS) is 14.8. The van der Waals surface area contributed by atoms with Crippen molar-refractivity contribution in [2.75, 3.05) is 53.4 Å². The minimum Gasteiger partial charge on any atom is -0.355 e. The third-order valence-electron chi connectivity index (χ3n) is 12.9. The number of carbonyl (C=O) groups is 10. The molecule has 1 heterocycles. The van der Waals surface area contributed by atoms with Gasteiger partial charge in [0.15, 0.2) is 0 Å². The lowest BCUT2D eigenvalue weighted by Gasteiger charge is -2.41. The Labute approximate surface area is 436 Å². The zero-order valence-corrected chi connectivity index (χ0v) is 47.4. The molecule has 1 aliphatic heterocycles. The number of nitrogens with zero attached hydrogens (tertiary/aromatic N) is 4. The summed E-state index contributed by atoms with van der Waals surface area (Å²) in [5.74, 6) is -5.21. The third kappa shape index (κ3) is 22.0. The second kappa shape index (κ2) is 30.8. The Hall–Kier alpha value is -5.34. The fourth-order valence-electron chi connectivity index (χ4n) is 8.85. The molecule has 0 spiro atoms. The van der Waals surface area contributed by atoms with Gasteiger partial charge in [0.25, 0.3) is 0 Å². The van der Waals surface area contributed by atoms with Crippen molar-refractivity contribution in [3.63, 3.8) is 0 Å². The first-order valence-corrected chi connectivity index (χ1v) is 26.4. The lowest BCUT2D eigenvalue weighted by Crippen LogP contribution is -2.65. The van der Waals surface area contributed by atoms with E-state index in [4.69, 9.17) is 0 Å². The van der Waals surface area contributed by atoms with Crippen LogP contribution in [0.15, 0.2) is 0 Å². The highest BCUT2D eigenvalue weighted by atomic mass is 16.2. The standard InChI is InChI=1S/C52H95N11O10/c1-17-18-19-20-21-22-24-38(57-45(69)39-25-23-29-61(39)37(8)64)44(68)55-33-43(67)63(36(6)7)52(13,14)49(73)56-32-42(66)62(35(4)5)40(31-34(2)3)46(70)58-51(11,12)48(72)59-50(9,10)47(71)54-27-26-41(65)53-28-30-60(15)16/h34-36,38-40H,17-33H2,1-16H3,(H,53,65)(H,54,71)(H,55,68)(H,56,73)(H,57,69)(H,58,70)(H,59,72)/t38?,39-,40?/m0/s1.